The maximum atomic E-state index is 13.1. The highest BCUT2D eigenvalue weighted by molar-refractivity contribution is 6.31. The van der Waals surface area contributed by atoms with Crippen LogP contribution < -0.4 is 10.6 Å². The predicted molar refractivity (Wildman–Crippen MR) is 89.1 cm³/mol. The predicted octanol–water partition coefficient (Wildman–Crippen LogP) is 4.40. The highest BCUT2D eigenvalue weighted by atomic mass is 35.5. The van der Waals surface area contributed by atoms with Gasteiger partial charge in [-0.05, 0) is 42.7 Å². The third kappa shape index (κ3) is 3.98. The minimum atomic E-state index is -0.482. The average molecular weight is 321 g/mol. The lowest BCUT2D eigenvalue weighted by atomic mass is 10.1. The lowest BCUT2D eigenvalue weighted by molar-refractivity contribution is -0.114. The van der Waals surface area contributed by atoms with Crippen LogP contribution in [0.3, 0.4) is 0 Å². The van der Waals surface area contributed by atoms with E-state index in [1.165, 1.54) is 12.1 Å². The van der Waals surface area contributed by atoms with Crippen LogP contribution in [0, 0.1) is 12.7 Å². The fraction of sp³-hybridized carbons (Fsp3) is 0.235. The van der Waals surface area contributed by atoms with Crippen LogP contribution >= 0.6 is 11.6 Å². The Morgan fingerprint density at radius 2 is 2.05 bits per heavy atom. The molecule has 0 radical (unpaired) electrons. The normalized spacial score (nSPS) is 10.4. The zero-order chi connectivity index (χ0) is 16.1. The van der Waals surface area contributed by atoms with E-state index in [1.54, 1.807) is 6.07 Å². The number of hydrogen-bond donors (Lipinski definition) is 2. The molecule has 116 valence electrons. The molecule has 1 amide bonds. The molecule has 0 unspecified atom stereocenters. The molecule has 5 heteroatoms. The molecule has 22 heavy (non-hydrogen) atoms. The van der Waals surface area contributed by atoms with Gasteiger partial charge in [0.2, 0.25) is 5.91 Å². The van der Waals surface area contributed by atoms with Crippen LogP contribution in [-0.2, 0) is 11.2 Å². The zero-order valence-electron chi connectivity index (χ0n) is 12.5. The first kappa shape index (κ1) is 16.3. The van der Waals surface area contributed by atoms with Gasteiger partial charge in [0.1, 0.15) is 5.82 Å². The summed E-state index contributed by atoms with van der Waals surface area (Å²) in [6.45, 7) is 4.09. The van der Waals surface area contributed by atoms with Crippen molar-refractivity contribution in [1.82, 2.24) is 0 Å². The molecule has 0 aromatic heterocycles. The largest absolute Gasteiger partial charge is 0.376 e. The number of rotatable bonds is 5. The van der Waals surface area contributed by atoms with Crippen molar-refractivity contribution >= 4 is 28.9 Å². The molecule has 2 aromatic carbocycles. The Kier molecular flexibility index (Phi) is 5.39. The summed E-state index contributed by atoms with van der Waals surface area (Å²) in [7, 11) is 0. The summed E-state index contributed by atoms with van der Waals surface area (Å²) in [5.41, 5.74) is 3.58. The van der Waals surface area contributed by atoms with E-state index in [0.717, 1.165) is 23.2 Å². The van der Waals surface area contributed by atoms with E-state index in [0.29, 0.717) is 5.69 Å². The lowest BCUT2D eigenvalue weighted by Crippen LogP contribution is -2.22. The van der Waals surface area contributed by atoms with Gasteiger partial charge in [0.05, 0.1) is 11.6 Å². The molecule has 2 N–H and O–H groups in total. The molecule has 0 bridgehead atoms. The fourth-order valence-electron chi connectivity index (χ4n) is 2.17. The molecule has 0 heterocycles. The highest BCUT2D eigenvalue weighted by Crippen LogP contribution is 2.21. The number of nitrogens with one attached hydrogen (secondary N) is 2. The van der Waals surface area contributed by atoms with E-state index in [1.807, 2.05) is 32.0 Å². The highest BCUT2D eigenvalue weighted by Gasteiger charge is 2.09. The topological polar surface area (TPSA) is 41.1 Å². The first-order valence-electron chi connectivity index (χ1n) is 7.08. The Bertz CT molecular complexity index is 688. The third-order valence-electron chi connectivity index (χ3n) is 3.38. The van der Waals surface area contributed by atoms with Crippen LogP contribution in [0.1, 0.15) is 18.1 Å². The number of amides is 1. The smallest absolute Gasteiger partial charge is 0.243 e. The van der Waals surface area contributed by atoms with Crippen LogP contribution in [0.25, 0.3) is 0 Å². The van der Waals surface area contributed by atoms with Crippen molar-refractivity contribution in [3.63, 3.8) is 0 Å². The van der Waals surface area contributed by atoms with Gasteiger partial charge in [-0.3, -0.25) is 4.79 Å². The number of anilines is 2. The van der Waals surface area contributed by atoms with Crippen molar-refractivity contribution in [2.45, 2.75) is 20.3 Å². The van der Waals surface area contributed by atoms with Crippen LogP contribution in [0.15, 0.2) is 36.4 Å². The number of halogens is 2. The molecule has 0 fully saturated rings. The summed E-state index contributed by atoms with van der Waals surface area (Å²) in [4.78, 5) is 12.1. The summed E-state index contributed by atoms with van der Waals surface area (Å²) in [5, 5.41) is 5.87. The number of aryl methyl sites for hydroxylation is 2. The Labute approximate surface area is 134 Å². The Hall–Kier alpha value is -2.07. The molecular weight excluding hydrogens is 303 g/mol. The number of benzene rings is 2. The summed E-state index contributed by atoms with van der Waals surface area (Å²) in [6, 6.07) is 10.2. The van der Waals surface area contributed by atoms with Crippen molar-refractivity contribution in [2.24, 2.45) is 0 Å². The van der Waals surface area contributed by atoms with Crippen molar-refractivity contribution in [3.8, 4) is 0 Å². The van der Waals surface area contributed by atoms with E-state index < -0.39 is 5.82 Å². The second-order valence-corrected chi connectivity index (χ2v) is 5.40. The van der Waals surface area contributed by atoms with Gasteiger partial charge in [0, 0.05) is 11.4 Å². The summed E-state index contributed by atoms with van der Waals surface area (Å²) in [6.07, 6.45) is 0.846. The van der Waals surface area contributed by atoms with Gasteiger partial charge in [-0.2, -0.15) is 0 Å². The molecule has 0 saturated heterocycles. The molecule has 0 atom stereocenters. The Morgan fingerprint density at radius 1 is 1.27 bits per heavy atom. The van der Waals surface area contributed by atoms with Crippen molar-refractivity contribution in [1.29, 1.82) is 0 Å². The van der Waals surface area contributed by atoms with Crippen LogP contribution in [0.4, 0.5) is 15.8 Å². The van der Waals surface area contributed by atoms with E-state index >= 15 is 0 Å². The molecule has 2 aromatic rings. The molecule has 0 aliphatic heterocycles. The number of carbonyl (C=O) groups is 1. The van der Waals surface area contributed by atoms with E-state index in [-0.39, 0.29) is 17.5 Å². The monoisotopic (exact) mass is 320 g/mol. The van der Waals surface area contributed by atoms with Gasteiger partial charge < -0.3 is 10.6 Å². The summed E-state index contributed by atoms with van der Waals surface area (Å²) >= 11 is 5.70. The molecule has 2 rings (SSSR count). The van der Waals surface area contributed by atoms with Crippen molar-refractivity contribution < 1.29 is 9.18 Å². The van der Waals surface area contributed by atoms with Gasteiger partial charge >= 0.3 is 0 Å². The van der Waals surface area contributed by atoms with Crippen LogP contribution in [0.2, 0.25) is 5.02 Å². The van der Waals surface area contributed by atoms with Gasteiger partial charge in [-0.1, -0.05) is 36.7 Å². The third-order valence-corrected chi connectivity index (χ3v) is 3.67. The maximum Gasteiger partial charge on any atom is 0.243 e. The Morgan fingerprint density at radius 3 is 2.73 bits per heavy atom. The second-order valence-electron chi connectivity index (χ2n) is 4.99. The molecule has 0 aliphatic rings. The average Bonchev–Trinajstić information content (AvgIpc) is 2.50. The van der Waals surface area contributed by atoms with Crippen LogP contribution in [0.5, 0.6) is 0 Å². The van der Waals surface area contributed by atoms with E-state index in [4.69, 9.17) is 11.6 Å². The van der Waals surface area contributed by atoms with Gasteiger partial charge in [0.15, 0.2) is 0 Å². The van der Waals surface area contributed by atoms with Crippen molar-refractivity contribution in [2.75, 3.05) is 17.2 Å². The van der Waals surface area contributed by atoms with Crippen molar-refractivity contribution in [3.05, 3.63) is 58.4 Å². The van der Waals surface area contributed by atoms with Gasteiger partial charge in [-0.25, -0.2) is 4.39 Å². The Balaban J connectivity index is 2.00. The zero-order valence-corrected chi connectivity index (χ0v) is 13.3. The summed E-state index contributed by atoms with van der Waals surface area (Å²) < 4.78 is 13.1. The lowest BCUT2D eigenvalue weighted by Gasteiger charge is -2.13. The number of para-hydroxylation sites is 1. The minimum Gasteiger partial charge on any atom is -0.376 e. The maximum absolute atomic E-state index is 13.1. The van der Waals surface area contributed by atoms with E-state index in [9.17, 15) is 9.18 Å². The molecule has 0 aliphatic carbocycles. The fourth-order valence-corrected chi connectivity index (χ4v) is 2.35. The molecule has 3 nitrogen and oxygen atoms in total. The SMILES string of the molecule is CCc1cccc(C)c1NC(=O)CNc1ccc(F)c(Cl)c1. The molecule has 0 spiro atoms. The van der Waals surface area contributed by atoms with Gasteiger partial charge in [0.25, 0.3) is 0 Å². The minimum absolute atomic E-state index is 0.0255. The number of hydrogen-bond acceptors (Lipinski definition) is 2. The molecule has 0 saturated carbocycles. The standard InChI is InChI=1S/C17H18ClFN2O/c1-3-12-6-4-5-11(2)17(12)21-16(22)10-20-13-7-8-15(19)14(18)9-13/h4-9,20H,3,10H2,1-2H3,(H,21,22). The molecular formula is C17H18ClFN2O. The first-order valence-corrected chi connectivity index (χ1v) is 7.46. The quantitative estimate of drug-likeness (QED) is 0.857. The summed E-state index contributed by atoms with van der Waals surface area (Å²) in [5.74, 6) is -0.645. The second kappa shape index (κ2) is 7.27. The van der Waals surface area contributed by atoms with Crippen LogP contribution in [-0.4, -0.2) is 12.5 Å². The first-order chi connectivity index (χ1) is 10.5. The van der Waals surface area contributed by atoms with E-state index in [2.05, 4.69) is 10.6 Å². The number of carbonyl (C=O) groups excluding carboxylic acids is 1. The van der Waals surface area contributed by atoms with Gasteiger partial charge in [-0.15, -0.1) is 0 Å².